The fraction of sp³-hybridized carbons (Fsp3) is 0.478. The monoisotopic (exact) mass is 607 g/mol. The van der Waals surface area contributed by atoms with E-state index >= 15 is 4.39 Å². The van der Waals surface area contributed by atoms with E-state index < -0.39 is 101 Å². The molecule has 0 aromatic heterocycles. The zero-order chi connectivity index (χ0) is 29.0. The van der Waals surface area contributed by atoms with Crippen molar-refractivity contribution in [3.8, 4) is 5.75 Å². The molecule has 0 spiro atoms. The minimum Gasteiger partial charge on any atom is -0.490 e. The maximum atomic E-state index is 15.3. The number of rotatable bonds is 6. The number of hydrogen-bond donors (Lipinski definition) is 1. The van der Waals surface area contributed by atoms with Gasteiger partial charge >= 0.3 is 12.4 Å². The zero-order valence-corrected chi connectivity index (χ0v) is 21.4. The second-order valence-electron chi connectivity index (χ2n) is 9.44. The van der Waals surface area contributed by atoms with Gasteiger partial charge in [0.15, 0.2) is 27.2 Å². The molecule has 0 unspecified atom stereocenters. The molecule has 4 rings (SSSR count). The van der Waals surface area contributed by atoms with E-state index in [4.69, 9.17) is 4.74 Å². The summed E-state index contributed by atoms with van der Waals surface area (Å²) in [4.78, 5) is -0.629. The van der Waals surface area contributed by atoms with Gasteiger partial charge in [-0.2, -0.15) is 26.3 Å². The van der Waals surface area contributed by atoms with Crippen molar-refractivity contribution < 1.29 is 56.7 Å². The molecule has 6 nitrogen and oxygen atoms in total. The van der Waals surface area contributed by atoms with Gasteiger partial charge in [-0.3, -0.25) is 0 Å². The number of halogens is 8. The van der Waals surface area contributed by atoms with E-state index in [9.17, 15) is 47.6 Å². The van der Waals surface area contributed by atoms with Gasteiger partial charge < -0.3 is 4.74 Å². The van der Waals surface area contributed by atoms with Crippen molar-refractivity contribution in [3.05, 3.63) is 59.2 Å². The molecule has 0 amide bonds. The third kappa shape index (κ3) is 5.46. The van der Waals surface area contributed by atoms with Gasteiger partial charge in [-0.15, -0.1) is 0 Å². The minimum absolute atomic E-state index is 0.00256. The molecule has 2 aliphatic rings. The van der Waals surface area contributed by atoms with Gasteiger partial charge in [0.25, 0.3) is 0 Å². The highest BCUT2D eigenvalue weighted by atomic mass is 32.2. The third-order valence-electron chi connectivity index (χ3n) is 7.07. The summed E-state index contributed by atoms with van der Waals surface area (Å²) in [6.07, 6.45) is -10.1. The number of benzene rings is 2. The summed E-state index contributed by atoms with van der Waals surface area (Å²) >= 11 is 0. The van der Waals surface area contributed by atoms with Crippen LogP contribution in [0.4, 0.5) is 35.1 Å². The molecule has 1 aliphatic carbocycles. The topological polar surface area (TPSA) is 89.5 Å². The molecule has 16 heteroatoms. The molecule has 1 fully saturated rings. The molecule has 216 valence electrons. The Kier molecular flexibility index (Phi) is 7.47. The van der Waals surface area contributed by atoms with Crippen LogP contribution in [0.15, 0.2) is 41.3 Å². The Hall–Kier alpha value is -2.46. The molecule has 0 saturated heterocycles. The highest BCUT2D eigenvalue weighted by molar-refractivity contribution is 7.92. The summed E-state index contributed by atoms with van der Waals surface area (Å²) in [6, 6.07) is 3.79. The first-order valence-electron chi connectivity index (χ1n) is 11.5. The van der Waals surface area contributed by atoms with Crippen LogP contribution in [-0.2, 0) is 30.8 Å². The lowest BCUT2D eigenvalue weighted by Crippen LogP contribution is -2.56. The van der Waals surface area contributed by atoms with Crippen molar-refractivity contribution in [1.82, 2.24) is 4.72 Å². The zero-order valence-electron chi connectivity index (χ0n) is 19.7. The molecule has 1 saturated carbocycles. The number of ether oxygens (including phenoxy) is 1. The van der Waals surface area contributed by atoms with Crippen molar-refractivity contribution in [2.24, 2.45) is 11.8 Å². The lowest BCUT2D eigenvalue weighted by atomic mass is 9.67. The van der Waals surface area contributed by atoms with Crippen molar-refractivity contribution in [1.29, 1.82) is 0 Å². The number of fused-ring (bicyclic) bond motifs is 3. The molecular weight excluding hydrogens is 586 g/mol. The smallest absolute Gasteiger partial charge is 0.416 e. The first kappa shape index (κ1) is 29.5. The Labute approximate surface area is 218 Å². The van der Waals surface area contributed by atoms with Crippen molar-refractivity contribution in [2.75, 3.05) is 18.9 Å². The van der Waals surface area contributed by atoms with Gasteiger partial charge in [-0.05, 0) is 55.2 Å². The van der Waals surface area contributed by atoms with E-state index in [1.165, 1.54) is 0 Å². The fourth-order valence-corrected chi connectivity index (χ4v) is 8.91. The molecular formula is C23H21F8NO5S2. The van der Waals surface area contributed by atoms with Crippen LogP contribution in [-0.4, -0.2) is 41.9 Å². The average molecular weight is 608 g/mol. The Balaban J connectivity index is 1.84. The Bertz CT molecular complexity index is 1460. The van der Waals surface area contributed by atoms with Gasteiger partial charge in [0.05, 0.1) is 22.6 Å². The SMILES string of the molecule is O=S(=O)(CC(F)(F)F)NC[C@@H]1CCC[C@@]2(S(=O)(=O)c3ccc(C(F)(F)F)cc3)c3c(F)ccc(F)c3OC[C@@H]12. The largest absolute Gasteiger partial charge is 0.490 e. The molecule has 3 atom stereocenters. The Morgan fingerprint density at radius 1 is 0.923 bits per heavy atom. The van der Waals surface area contributed by atoms with Crippen molar-refractivity contribution in [2.45, 2.75) is 41.3 Å². The summed E-state index contributed by atoms with van der Waals surface area (Å²) in [5, 5.41) is 0. The van der Waals surface area contributed by atoms with E-state index in [1.807, 2.05) is 4.72 Å². The standard InChI is InChI=1S/C23H21F8NO5S2/c24-17-7-8-18(25)20-19(17)21(39(35,36)15-5-3-14(4-6-15)23(29,30)31)9-1-2-13(16(21)11-37-20)10-32-38(33,34)12-22(26,27)28/h3-8,13,16,32H,1-2,9-12H2/t13-,16-,21-/m0/s1. The van der Waals surface area contributed by atoms with Crippen LogP contribution in [0.1, 0.15) is 30.4 Å². The van der Waals surface area contributed by atoms with Crippen LogP contribution >= 0.6 is 0 Å². The number of alkyl halides is 6. The van der Waals surface area contributed by atoms with Gasteiger partial charge in [0.2, 0.25) is 10.0 Å². The number of hydrogen-bond acceptors (Lipinski definition) is 5. The van der Waals surface area contributed by atoms with E-state index in [0.717, 1.165) is 0 Å². The number of sulfone groups is 1. The van der Waals surface area contributed by atoms with Crippen LogP contribution in [0.5, 0.6) is 5.75 Å². The lowest BCUT2D eigenvalue weighted by molar-refractivity contribution is -0.137. The molecule has 1 heterocycles. The second kappa shape index (κ2) is 9.87. The summed E-state index contributed by atoms with van der Waals surface area (Å²) in [7, 11) is -9.71. The normalized spacial score (nSPS) is 24.0. The van der Waals surface area contributed by atoms with E-state index in [1.54, 1.807) is 0 Å². The molecule has 0 radical (unpaired) electrons. The third-order valence-corrected chi connectivity index (χ3v) is 10.9. The van der Waals surface area contributed by atoms with Crippen LogP contribution in [0.3, 0.4) is 0 Å². The van der Waals surface area contributed by atoms with E-state index in [-0.39, 0.29) is 19.3 Å². The van der Waals surface area contributed by atoms with Gasteiger partial charge in [0.1, 0.15) is 10.6 Å². The molecule has 1 N–H and O–H groups in total. The Morgan fingerprint density at radius 3 is 2.13 bits per heavy atom. The van der Waals surface area contributed by atoms with Gasteiger partial charge in [0, 0.05) is 12.5 Å². The predicted molar refractivity (Wildman–Crippen MR) is 121 cm³/mol. The molecule has 1 aliphatic heterocycles. The molecule has 2 aromatic rings. The predicted octanol–water partition coefficient (Wildman–Crippen LogP) is 4.94. The van der Waals surface area contributed by atoms with Gasteiger partial charge in [-0.1, -0.05) is 6.42 Å². The average Bonchev–Trinajstić information content (AvgIpc) is 2.82. The highest BCUT2D eigenvalue weighted by Gasteiger charge is 2.61. The first-order valence-corrected chi connectivity index (χ1v) is 14.6. The van der Waals surface area contributed by atoms with Crippen LogP contribution in [0, 0.1) is 23.5 Å². The fourth-order valence-electron chi connectivity index (χ4n) is 5.46. The summed E-state index contributed by atoms with van der Waals surface area (Å²) in [6.45, 7) is -1.23. The minimum atomic E-state index is -5.05. The molecule has 39 heavy (non-hydrogen) atoms. The maximum absolute atomic E-state index is 15.3. The van der Waals surface area contributed by atoms with Crippen molar-refractivity contribution in [3.63, 3.8) is 0 Å². The highest BCUT2D eigenvalue weighted by Crippen LogP contribution is 2.58. The quantitative estimate of drug-likeness (QED) is 0.470. The molecule has 0 bridgehead atoms. The van der Waals surface area contributed by atoms with Crippen LogP contribution in [0.25, 0.3) is 0 Å². The second-order valence-corrected chi connectivity index (χ2v) is 13.5. The maximum Gasteiger partial charge on any atom is 0.416 e. The number of sulfonamides is 1. The summed E-state index contributed by atoms with van der Waals surface area (Å²) in [5.74, 6) is -7.48. The Morgan fingerprint density at radius 2 is 1.54 bits per heavy atom. The lowest BCUT2D eigenvalue weighted by Gasteiger charge is -2.50. The summed E-state index contributed by atoms with van der Waals surface area (Å²) in [5.41, 5.74) is -1.85. The van der Waals surface area contributed by atoms with Crippen molar-refractivity contribution >= 4 is 19.9 Å². The van der Waals surface area contributed by atoms with E-state index in [2.05, 4.69) is 0 Å². The number of nitrogens with one attached hydrogen (secondary N) is 1. The molecule has 2 aromatic carbocycles. The van der Waals surface area contributed by atoms with Crippen LogP contribution < -0.4 is 9.46 Å². The van der Waals surface area contributed by atoms with Gasteiger partial charge in [-0.25, -0.2) is 30.3 Å². The summed E-state index contributed by atoms with van der Waals surface area (Å²) < 4.78 is 164. The van der Waals surface area contributed by atoms with Crippen LogP contribution in [0.2, 0.25) is 0 Å². The van der Waals surface area contributed by atoms with E-state index in [0.29, 0.717) is 36.4 Å². The first-order chi connectivity index (χ1) is 17.9.